The third-order valence-electron chi connectivity index (χ3n) is 2.97. The van der Waals surface area contributed by atoms with Gasteiger partial charge in [-0.2, -0.15) is 0 Å². The molecular weight excluding hydrogens is 220 g/mol. The zero-order valence-electron chi connectivity index (χ0n) is 9.53. The van der Waals surface area contributed by atoms with E-state index in [0.29, 0.717) is 17.2 Å². The Labute approximate surface area is 97.3 Å². The fourth-order valence-corrected chi connectivity index (χ4v) is 2.20. The number of nitrogens with one attached hydrogen (secondary N) is 3. The standard InChI is InChI=1S/C10H14N6O/c1-6-4-16(3-2-11-6)9-7-8(12-5-13-9)15-10(17)14-7/h5-6,11H,2-4H2,1H3,(H2,12,13,14,15,17)/t6-/m1/s1. The van der Waals surface area contributed by atoms with Gasteiger partial charge in [0.25, 0.3) is 0 Å². The van der Waals surface area contributed by atoms with E-state index in [4.69, 9.17) is 0 Å². The number of H-pyrrole nitrogens is 2. The molecule has 1 saturated heterocycles. The molecule has 7 heteroatoms. The maximum atomic E-state index is 11.3. The first-order valence-corrected chi connectivity index (χ1v) is 5.65. The molecule has 3 N–H and O–H groups in total. The second-order valence-corrected chi connectivity index (χ2v) is 4.30. The predicted molar refractivity (Wildman–Crippen MR) is 64.2 cm³/mol. The van der Waals surface area contributed by atoms with Crippen LogP contribution >= 0.6 is 0 Å². The van der Waals surface area contributed by atoms with Crippen molar-refractivity contribution in [3.05, 3.63) is 16.8 Å². The van der Waals surface area contributed by atoms with Gasteiger partial charge in [-0.15, -0.1) is 0 Å². The maximum absolute atomic E-state index is 11.3. The van der Waals surface area contributed by atoms with Crippen LogP contribution < -0.4 is 15.9 Å². The molecule has 2 aromatic rings. The highest BCUT2D eigenvalue weighted by Crippen LogP contribution is 2.19. The smallest absolute Gasteiger partial charge is 0.325 e. The number of aromatic nitrogens is 4. The molecule has 2 aromatic heterocycles. The number of nitrogens with zero attached hydrogens (tertiary/aromatic N) is 3. The van der Waals surface area contributed by atoms with Gasteiger partial charge in [0, 0.05) is 25.7 Å². The lowest BCUT2D eigenvalue weighted by Crippen LogP contribution is -2.49. The SMILES string of the molecule is C[C@@H]1CN(c2ncnc3[nH]c(=O)[nH]c23)CCN1. The van der Waals surface area contributed by atoms with E-state index >= 15 is 0 Å². The summed E-state index contributed by atoms with van der Waals surface area (Å²) in [5, 5.41) is 3.37. The topological polar surface area (TPSA) is 89.7 Å². The summed E-state index contributed by atoms with van der Waals surface area (Å²) in [5.41, 5.74) is 1.00. The van der Waals surface area contributed by atoms with Crippen LogP contribution in [-0.4, -0.2) is 45.6 Å². The van der Waals surface area contributed by atoms with Gasteiger partial charge in [0.15, 0.2) is 11.5 Å². The molecule has 3 rings (SSSR count). The first kappa shape index (κ1) is 10.3. The molecular formula is C10H14N6O. The quantitative estimate of drug-likeness (QED) is 0.615. The minimum absolute atomic E-state index is 0.245. The Balaban J connectivity index is 2.07. The van der Waals surface area contributed by atoms with E-state index in [1.807, 2.05) is 0 Å². The number of rotatable bonds is 1. The van der Waals surface area contributed by atoms with Gasteiger partial charge in [0.1, 0.15) is 11.8 Å². The molecule has 0 saturated carbocycles. The van der Waals surface area contributed by atoms with Crippen molar-refractivity contribution in [3.63, 3.8) is 0 Å². The molecule has 17 heavy (non-hydrogen) atoms. The number of hydrogen-bond acceptors (Lipinski definition) is 5. The number of imidazole rings is 1. The zero-order valence-corrected chi connectivity index (χ0v) is 9.53. The third kappa shape index (κ3) is 1.78. The third-order valence-corrected chi connectivity index (χ3v) is 2.97. The molecule has 1 fully saturated rings. The summed E-state index contributed by atoms with van der Waals surface area (Å²) in [6.07, 6.45) is 1.48. The molecule has 0 amide bonds. The van der Waals surface area contributed by atoms with Gasteiger partial charge in [-0.25, -0.2) is 14.8 Å². The monoisotopic (exact) mass is 234 g/mol. The molecule has 1 atom stereocenters. The summed E-state index contributed by atoms with van der Waals surface area (Å²) in [6.45, 7) is 4.80. The van der Waals surface area contributed by atoms with Gasteiger partial charge in [-0.05, 0) is 6.92 Å². The zero-order chi connectivity index (χ0) is 11.8. The Hall–Kier alpha value is -1.89. The van der Waals surface area contributed by atoms with Crippen molar-refractivity contribution in [3.8, 4) is 0 Å². The summed E-state index contributed by atoms with van der Waals surface area (Å²) in [6, 6.07) is 0.416. The lowest BCUT2D eigenvalue weighted by molar-refractivity contribution is 0.483. The molecule has 0 aliphatic carbocycles. The molecule has 0 unspecified atom stereocenters. The summed E-state index contributed by atoms with van der Waals surface area (Å²) < 4.78 is 0. The van der Waals surface area contributed by atoms with Crippen molar-refractivity contribution in [1.29, 1.82) is 0 Å². The van der Waals surface area contributed by atoms with Crippen LogP contribution in [0.4, 0.5) is 5.82 Å². The molecule has 1 aliphatic rings. The van der Waals surface area contributed by atoms with Crippen LogP contribution in [0.3, 0.4) is 0 Å². The Bertz CT molecular complexity index is 588. The molecule has 0 radical (unpaired) electrons. The maximum Gasteiger partial charge on any atom is 0.325 e. The normalized spacial score (nSPS) is 21.0. The van der Waals surface area contributed by atoms with Gasteiger partial charge in [0.2, 0.25) is 0 Å². The highest BCUT2D eigenvalue weighted by Gasteiger charge is 2.20. The van der Waals surface area contributed by atoms with Crippen LogP contribution in [0, 0.1) is 0 Å². The summed E-state index contributed by atoms with van der Waals surface area (Å²) in [4.78, 5) is 27.1. The molecule has 90 valence electrons. The fraction of sp³-hybridized carbons (Fsp3) is 0.500. The number of hydrogen-bond donors (Lipinski definition) is 3. The van der Waals surface area contributed by atoms with E-state index in [0.717, 1.165) is 25.5 Å². The van der Waals surface area contributed by atoms with Crippen molar-refractivity contribution in [1.82, 2.24) is 25.3 Å². The second-order valence-electron chi connectivity index (χ2n) is 4.30. The highest BCUT2D eigenvalue weighted by molar-refractivity contribution is 5.82. The van der Waals surface area contributed by atoms with Crippen LogP contribution in [0.2, 0.25) is 0 Å². The Morgan fingerprint density at radius 2 is 2.29 bits per heavy atom. The van der Waals surface area contributed by atoms with E-state index in [9.17, 15) is 4.79 Å². The van der Waals surface area contributed by atoms with Crippen LogP contribution in [-0.2, 0) is 0 Å². The lowest BCUT2D eigenvalue weighted by atomic mass is 10.2. The highest BCUT2D eigenvalue weighted by atomic mass is 16.1. The first-order chi connectivity index (χ1) is 8.24. The molecule has 7 nitrogen and oxygen atoms in total. The molecule has 0 spiro atoms. The lowest BCUT2D eigenvalue weighted by Gasteiger charge is -2.32. The van der Waals surface area contributed by atoms with Crippen LogP contribution in [0.15, 0.2) is 11.1 Å². The Morgan fingerprint density at radius 3 is 3.12 bits per heavy atom. The van der Waals surface area contributed by atoms with Gasteiger partial charge < -0.3 is 15.2 Å². The van der Waals surface area contributed by atoms with Crippen LogP contribution in [0.25, 0.3) is 11.2 Å². The van der Waals surface area contributed by atoms with Crippen molar-refractivity contribution in [2.24, 2.45) is 0 Å². The average molecular weight is 234 g/mol. The molecule has 0 aromatic carbocycles. The predicted octanol–water partition coefficient (Wildman–Crippen LogP) is -0.556. The minimum atomic E-state index is -0.245. The van der Waals surface area contributed by atoms with E-state index < -0.39 is 0 Å². The fourth-order valence-electron chi connectivity index (χ4n) is 2.20. The average Bonchev–Trinajstić information content (AvgIpc) is 2.68. The van der Waals surface area contributed by atoms with Crippen molar-refractivity contribution in [2.75, 3.05) is 24.5 Å². The first-order valence-electron chi connectivity index (χ1n) is 5.65. The number of anilines is 1. The van der Waals surface area contributed by atoms with Gasteiger partial charge >= 0.3 is 5.69 Å². The van der Waals surface area contributed by atoms with Crippen molar-refractivity contribution >= 4 is 17.0 Å². The van der Waals surface area contributed by atoms with E-state index in [2.05, 4.69) is 37.1 Å². The number of fused-ring (bicyclic) bond motifs is 1. The molecule has 1 aliphatic heterocycles. The molecule has 0 bridgehead atoms. The van der Waals surface area contributed by atoms with E-state index in [-0.39, 0.29) is 5.69 Å². The Morgan fingerprint density at radius 1 is 1.41 bits per heavy atom. The largest absolute Gasteiger partial charge is 0.352 e. The van der Waals surface area contributed by atoms with Crippen LogP contribution in [0.5, 0.6) is 0 Å². The second kappa shape index (κ2) is 3.85. The van der Waals surface area contributed by atoms with Crippen LogP contribution in [0.1, 0.15) is 6.92 Å². The van der Waals surface area contributed by atoms with Gasteiger partial charge in [0.05, 0.1) is 0 Å². The Kier molecular flexibility index (Phi) is 2.32. The van der Waals surface area contributed by atoms with Gasteiger partial charge in [-0.1, -0.05) is 0 Å². The summed E-state index contributed by atoms with van der Waals surface area (Å²) in [7, 11) is 0. The van der Waals surface area contributed by atoms with E-state index in [1.54, 1.807) is 0 Å². The molecule has 3 heterocycles. The summed E-state index contributed by atoms with van der Waals surface area (Å²) >= 11 is 0. The van der Waals surface area contributed by atoms with Crippen molar-refractivity contribution in [2.45, 2.75) is 13.0 Å². The summed E-state index contributed by atoms with van der Waals surface area (Å²) in [5.74, 6) is 0.793. The number of aromatic amines is 2. The van der Waals surface area contributed by atoms with Gasteiger partial charge in [-0.3, -0.25) is 4.98 Å². The number of piperazine rings is 1. The van der Waals surface area contributed by atoms with E-state index in [1.165, 1.54) is 6.33 Å². The van der Waals surface area contributed by atoms with Crippen molar-refractivity contribution < 1.29 is 0 Å². The minimum Gasteiger partial charge on any atom is -0.352 e.